The Morgan fingerprint density at radius 1 is 0.630 bits per heavy atom. The van der Waals surface area contributed by atoms with Crippen LogP contribution in [0.25, 0.3) is 0 Å². The number of hydrogen-bond donors (Lipinski definition) is 7. The van der Waals surface area contributed by atoms with E-state index < -0.39 is 61.5 Å². The first-order valence-electron chi connectivity index (χ1n) is 22.2. The first-order valence-corrected chi connectivity index (χ1v) is 22.2. The lowest BCUT2D eigenvalue weighted by Gasteiger charge is -2.40. The van der Waals surface area contributed by atoms with Crippen LogP contribution in [-0.2, 0) is 14.3 Å². The smallest absolute Gasteiger partial charge is 0.249 e. The zero-order valence-electron chi connectivity index (χ0n) is 34.3. The molecule has 1 aliphatic heterocycles. The molecule has 0 aliphatic carbocycles. The summed E-state index contributed by atoms with van der Waals surface area (Å²) < 4.78 is 11.1. The van der Waals surface area contributed by atoms with Crippen LogP contribution in [0.2, 0.25) is 0 Å². The van der Waals surface area contributed by atoms with Gasteiger partial charge in [0.2, 0.25) is 5.91 Å². The Balaban J connectivity index is 2.45. The summed E-state index contributed by atoms with van der Waals surface area (Å²) in [6, 6.07) is -0.991. The van der Waals surface area contributed by atoms with Crippen molar-refractivity contribution in [3.05, 3.63) is 24.3 Å². The van der Waals surface area contributed by atoms with Crippen LogP contribution in [0.5, 0.6) is 0 Å². The normalized spacial score (nSPS) is 22.3. The summed E-state index contributed by atoms with van der Waals surface area (Å²) in [5.41, 5.74) is 0. The Morgan fingerprint density at radius 3 is 1.61 bits per heavy atom. The van der Waals surface area contributed by atoms with Crippen molar-refractivity contribution in [1.29, 1.82) is 0 Å². The molecule has 54 heavy (non-hydrogen) atoms. The van der Waals surface area contributed by atoms with Gasteiger partial charge in [-0.25, -0.2) is 0 Å². The van der Waals surface area contributed by atoms with E-state index in [-0.39, 0.29) is 6.61 Å². The number of ether oxygens (including phenoxy) is 2. The molecule has 0 bridgehead atoms. The highest BCUT2D eigenvalue weighted by molar-refractivity contribution is 5.80. The number of amides is 1. The van der Waals surface area contributed by atoms with Crippen molar-refractivity contribution < 1.29 is 44.9 Å². The predicted molar refractivity (Wildman–Crippen MR) is 218 cm³/mol. The Labute approximate surface area is 329 Å². The van der Waals surface area contributed by atoms with E-state index >= 15 is 0 Å². The molecule has 7 N–H and O–H groups in total. The van der Waals surface area contributed by atoms with Gasteiger partial charge >= 0.3 is 0 Å². The number of nitrogens with one attached hydrogen (secondary N) is 1. The summed E-state index contributed by atoms with van der Waals surface area (Å²) in [6.45, 7) is 3.57. The number of aliphatic hydroxyl groups is 6. The number of rotatable bonds is 36. The van der Waals surface area contributed by atoms with E-state index in [1.165, 1.54) is 122 Å². The average Bonchev–Trinajstić information content (AvgIpc) is 3.17. The molecule has 1 amide bonds. The highest BCUT2D eigenvalue weighted by atomic mass is 16.7. The van der Waals surface area contributed by atoms with Crippen molar-refractivity contribution in [2.45, 2.75) is 236 Å². The molecule has 0 saturated carbocycles. The lowest BCUT2D eigenvalue weighted by molar-refractivity contribution is -0.302. The molecule has 1 rings (SSSR count). The van der Waals surface area contributed by atoms with Crippen molar-refractivity contribution in [3.63, 3.8) is 0 Å². The van der Waals surface area contributed by atoms with Crippen molar-refractivity contribution in [2.75, 3.05) is 13.2 Å². The Morgan fingerprint density at radius 2 is 1.09 bits per heavy atom. The second kappa shape index (κ2) is 34.8. The maximum atomic E-state index is 13.0. The third kappa shape index (κ3) is 25.0. The van der Waals surface area contributed by atoms with Gasteiger partial charge in [-0.3, -0.25) is 4.79 Å². The molecule has 0 aromatic rings. The van der Waals surface area contributed by atoms with E-state index in [2.05, 4.69) is 31.3 Å². The van der Waals surface area contributed by atoms with Gasteiger partial charge in [-0.05, 0) is 32.1 Å². The lowest BCUT2D eigenvalue weighted by atomic mass is 9.99. The second-order valence-corrected chi connectivity index (χ2v) is 15.6. The standard InChI is InChI=1S/C44H83NO9/c1-3-5-7-9-11-13-15-17-18-19-21-23-25-27-29-31-33-38(48)43(52)45-36(35-53-44-42(51)41(50)40(49)39(34-46)54-44)37(47)32-30-28-26-24-22-20-16-14-12-10-8-6-4-2/h22,24,30,32,36-42,44,46-51H,3-21,23,25-29,31,33-35H2,1-2H3,(H,45,52)/b24-22-,32-30+/t36-,37+,38-,39-,40-,41+,42-,44-/m1/s1. The second-order valence-electron chi connectivity index (χ2n) is 15.6. The average molecular weight is 770 g/mol. The summed E-state index contributed by atoms with van der Waals surface area (Å²) in [5.74, 6) is -0.626. The molecular weight excluding hydrogens is 686 g/mol. The molecule has 10 nitrogen and oxygen atoms in total. The number of carbonyl (C=O) groups is 1. The molecule has 0 aromatic carbocycles. The minimum absolute atomic E-state index is 0.307. The number of hydrogen-bond acceptors (Lipinski definition) is 9. The Hall–Kier alpha value is -1.37. The van der Waals surface area contributed by atoms with Gasteiger partial charge in [0.1, 0.15) is 30.5 Å². The van der Waals surface area contributed by atoms with E-state index in [4.69, 9.17) is 9.47 Å². The van der Waals surface area contributed by atoms with E-state index in [1.54, 1.807) is 6.08 Å². The summed E-state index contributed by atoms with van der Waals surface area (Å²) >= 11 is 0. The third-order valence-corrected chi connectivity index (χ3v) is 10.6. The zero-order chi connectivity index (χ0) is 39.7. The van der Waals surface area contributed by atoms with E-state index in [0.717, 1.165) is 32.1 Å². The van der Waals surface area contributed by atoms with Crippen molar-refractivity contribution in [3.8, 4) is 0 Å². The maximum Gasteiger partial charge on any atom is 0.249 e. The summed E-state index contributed by atoms with van der Waals surface area (Å²) in [6.07, 6.45) is 29.8. The molecule has 1 aliphatic rings. The van der Waals surface area contributed by atoms with Gasteiger partial charge < -0.3 is 45.4 Å². The van der Waals surface area contributed by atoms with Crippen LogP contribution in [0.4, 0.5) is 0 Å². The minimum atomic E-state index is -1.61. The fourth-order valence-corrected chi connectivity index (χ4v) is 6.94. The summed E-state index contributed by atoms with van der Waals surface area (Å²) in [7, 11) is 0. The third-order valence-electron chi connectivity index (χ3n) is 10.6. The number of aliphatic hydroxyl groups excluding tert-OH is 6. The van der Waals surface area contributed by atoms with Crippen LogP contribution in [0, 0.1) is 0 Å². The summed E-state index contributed by atoms with van der Waals surface area (Å²) in [5, 5.41) is 64.5. The van der Waals surface area contributed by atoms with Crippen molar-refractivity contribution in [2.24, 2.45) is 0 Å². The van der Waals surface area contributed by atoms with Crippen LogP contribution in [0.1, 0.15) is 187 Å². The van der Waals surface area contributed by atoms with E-state index in [0.29, 0.717) is 19.3 Å². The van der Waals surface area contributed by atoms with Gasteiger partial charge in [-0.2, -0.15) is 0 Å². The van der Waals surface area contributed by atoms with Gasteiger partial charge in [-0.1, -0.05) is 179 Å². The number of carbonyl (C=O) groups excluding carboxylic acids is 1. The van der Waals surface area contributed by atoms with Gasteiger partial charge in [-0.15, -0.1) is 0 Å². The molecule has 1 saturated heterocycles. The highest BCUT2D eigenvalue weighted by Crippen LogP contribution is 2.22. The molecule has 10 heteroatoms. The molecule has 0 radical (unpaired) electrons. The molecule has 318 valence electrons. The van der Waals surface area contributed by atoms with Gasteiger partial charge in [0.05, 0.1) is 25.4 Å². The quantitative estimate of drug-likeness (QED) is 0.0250. The first-order chi connectivity index (χ1) is 26.3. The van der Waals surface area contributed by atoms with Crippen LogP contribution >= 0.6 is 0 Å². The topological polar surface area (TPSA) is 169 Å². The molecule has 0 spiro atoms. The maximum absolute atomic E-state index is 13.0. The molecular formula is C44H83NO9. The van der Waals surface area contributed by atoms with E-state index in [1.807, 2.05) is 6.08 Å². The Kier molecular flexibility index (Phi) is 32.7. The fourth-order valence-electron chi connectivity index (χ4n) is 6.94. The van der Waals surface area contributed by atoms with Crippen LogP contribution in [0.15, 0.2) is 24.3 Å². The number of unbranched alkanes of at least 4 members (excludes halogenated alkanes) is 23. The van der Waals surface area contributed by atoms with E-state index in [9.17, 15) is 35.4 Å². The number of allylic oxidation sites excluding steroid dienone is 3. The fraction of sp³-hybridized carbons (Fsp3) is 0.886. The molecule has 8 atom stereocenters. The van der Waals surface area contributed by atoms with Gasteiger partial charge in [0, 0.05) is 0 Å². The first kappa shape index (κ1) is 50.6. The van der Waals surface area contributed by atoms with Crippen molar-refractivity contribution >= 4 is 5.91 Å². The van der Waals surface area contributed by atoms with Crippen molar-refractivity contribution in [1.82, 2.24) is 5.32 Å². The molecule has 0 unspecified atom stereocenters. The summed E-state index contributed by atoms with van der Waals surface area (Å²) in [4.78, 5) is 13.0. The molecule has 1 fully saturated rings. The van der Waals surface area contributed by atoms with Crippen LogP contribution in [0.3, 0.4) is 0 Å². The van der Waals surface area contributed by atoms with Gasteiger partial charge in [0.15, 0.2) is 6.29 Å². The van der Waals surface area contributed by atoms with Crippen LogP contribution in [-0.4, -0.2) is 98.7 Å². The molecule has 1 heterocycles. The lowest BCUT2D eigenvalue weighted by Crippen LogP contribution is -2.60. The molecule has 0 aromatic heterocycles. The predicted octanol–water partition coefficient (Wildman–Crippen LogP) is 7.69. The Bertz CT molecular complexity index is 916. The monoisotopic (exact) mass is 770 g/mol. The minimum Gasteiger partial charge on any atom is -0.394 e. The SMILES string of the molecule is CCCCCCCCC/C=C\CC/C=C/[C@H](O)[C@@H](CO[C@@H]1O[C@H](CO)[C@@H](O)[C@H](O)[C@H]1O)NC(=O)[C@H](O)CCCCCCCCCCCCCCCCCC. The largest absolute Gasteiger partial charge is 0.394 e. The van der Waals surface area contributed by atoms with Crippen LogP contribution < -0.4 is 5.32 Å². The highest BCUT2D eigenvalue weighted by Gasteiger charge is 2.44. The zero-order valence-corrected chi connectivity index (χ0v) is 34.3. The van der Waals surface area contributed by atoms with Gasteiger partial charge in [0.25, 0.3) is 0 Å².